The van der Waals surface area contributed by atoms with E-state index in [2.05, 4.69) is 50.7 Å². The van der Waals surface area contributed by atoms with Crippen molar-refractivity contribution in [2.45, 2.75) is 51.9 Å². The fraction of sp³-hybridized carbons (Fsp3) is 0.444. The van der Waals surface area contributed by atoms with Crippen molar-refractivity contribution < 1.29 is 0 Å². The molecule has 0 saturated carbocycles. The SMILES string of the molecule is CC(C)(C)c1ncc(CC(C)(C)c2cccnc2)cc1Cl. The summed E-state index contributed by atoms with van der Waals surface area (Å²) < 4.78 is 0. The normalized spacial score (nSPS) is 12.5. The van der Waals surface area contributed by atoms with Gasteiger partial charge in [-0.2, -0.15) is 0 Å². The first-order chi connectivity index (χ1) is 9.70. The number of rotatable bonds is 3. The van der Waals surface area contributed by atoms with Crippen LogP contribution < -0.4 is 0 Å². The number of hydrogen-bond acceptors (Lipinski definition) is 2. The van der Waals surface area contributed by atoms with E-state index in [0.717, 1.165) is 22.7 Å². The molecule has 3 heteroatoms. The largest absolute Gasteiger partial charge is 0.264 e. The molecule has 0 fully saturated rings. The molecule has 112 valence electrons. The Bertz CT molecular complexity index is 613. The fourth-order valence-corrected chi connectivity index (χ4v) is 2.97. The predicted molar refractivity (Wildman–Crippen MR) is 88.9 cm³/mol. The Morgan fingerprint density at radius 1 is 1.10 bits per heavy atom. The third kappa shape index (κ3) is 3.82. The molecule has 0 saturated heterocycles. The van der Waals surface area contributed by atoms with Gasteiger partial charge in [0.15, 0.2) is 0 Å². The van der Waals surface area contributed by atoms with Gasteiger partial charge >= 0.3 is 0 Å². The molecular weight excluding hydrogens is 280 g/mol. The molecule has 0 radical (unpaired) electrons. The Balaban J connectivity index is 2.27. The molecule has 2 aromatic rings. The summed E-state index contributed by atoms with van der Waals surface area (Å²) in [6.45, 7) is 10.8. The minimum atomic E-state index is -0.0333. The smallest absolute Gasteiger partial charge is 0.0643 e. The summed E-state index contributed by atoms with van der Waals surface area (Å²) in [4.78, 5) is 8.79. The van der Waals surface area contributed by atoms with Gasteiger partial charge < -0.3 is 0 Å². The van der Waals surface area contributed by atoms with Gasteiger partial charge in [0, 0.05) is 24.0 Å². The van der Waals surface area contributed by atoms with Gasteiger partial charge in [0.1, 0.15) is 0 Å². The van der Waals surface area contributed by atoms with Crippen LogP contribution in [0.25, 0.3) is 0 Å². The van der Waals surface area contributed by atoms with Crippen LogP contribution in [-0.2, 0) is 17.3 Å². The summed E-state index contributed by atoms with van der Waals surface area (Å²) in [5.41, 5.74) is 3.30. The van der Waals surface area contributed by atoms with Crippen LogP contribution in [0.1, 0.15) is 51.4 Å². The van der Waals surface area contributed by atoms with E-state index in [1.54, 1.807) is 6.20 Å². The van der Waals surface area contributed by atoms with E-state index in [-0.39, 0.29) is 10.8 Å². The summed E-state index contributed by atoms with van der Waals surface area (Å²) in [5.74, 6) is 0. The monoisotopic (exact) mass is 302 g/mol. The Labute approximate surface area is 132 Å². The predicted octanol–water partition coefficient (Wildman–Crippen LogP) is 4.95. The number of pyridine rings is 2. The highest BCUT2D eigenvalue weighted by Gasteiger charge is 2.23. The van der Waals surface area contributed by atoms with Crippen LogP contribution in [0.2, 0.25) is 5.02 Å². The van der Waals surface area contributed by atoms with Crippen molar-refractivity contribution in [2.24, 2.45) is 0 Å². The van der Waals surface area contributed by atoms with E-state index >= 15 is 0 Å². The second-order valence-electron chi connectivity index (χ2n) is 7.23. The Morgan fingerprint density at radius 2 is 1.81 bits per heavy atom. The maximum absolute atomic E-state index is 6.41. The van der Waals surface area contributed by atoms with Gasteiger partial charge in [-0.15, -0.1) is 0 Å². The molecule has 0 aliphatic rings. The van der Waals surface area contributed by atoms with Gasteiger partial charge in [0.25, 0.3) is 0 Å². The van der Waals surface area contributed by atoms with E-state index < -0.39 is 0 Å². The third-order valence-corrected chi connectivity index (χ3v) is 3.99. The van der Waals surface area contributed by atoms with Crippen molar-refractivity contribution in [1.29, 1.82) is 0 Å². The molecule has 0 bridgehead atoms. The molecule has 0 unspecified atom stereocenters. The van der Waals surface area contributed by atoms with Crippen molar-refractivity contribution >= 4 is 11.6 Å². The van der Waals surface area contributed by atoms with Crippen LogP contribution in [-0.4, -0.2) is 9.97 Å². The molecule has 2 rings (SSSR count). The van der Waals surface area contributed by atoms with E-state index in [1.165, 1.54) is 5.56 Å². The van der Waals surface area contributed by atoms with Crippen LogP contribution >= 0.6 is 11.6 Å². The van der Waals surface area contributed by atoms with Gasteiger partial charge in [0.05, 0.1) is 10.7 Å². The van der Waals surface area contributed by atoms with Gasteiger partial charge in [-0.05, 0) is 35.1 Å². The van der Waals surface area contributed by atoms with E-state index in [9.17, 15) is 0 Å². The highest BCUT2D eigenvalue weighted by molar-refractivity contribution is 6.31. The third-order valence-electron chi connectivity index (χ3n) is 3.70. The van der Waals surface area contributed by atoms with Gasteiger partial charge in [-0.25, -0.2) is 0 Å². The number of halogens is 1. The molecule has 21 heavy (non-hydrogen) atoms. The molecule has 0 N–H and O–H groups in total. The lowest BCUT2D eigenvalue weighted by Gasteiger charge is -2.26. The average Bonchev–Trinajstić information content (AvgIpc) is 2.37. The average molecular weight is 303 g/mol. The van der Waals surface area contributed by atoms with E-state index in [1.807, 2.05) is 24.5 Å². The Kier molecular flexibility index (Phi) is 4.38. The summed E-state index contributed by atoms with van der Waals surface area (Å²) in [5, 5.41) is 0.752. The summed E-state index contributed by atoms with van der Waals surface area (Å²) in [6.07, 6.45) is 6.56. The standard InChI is InChI=1S/C18H23ClN2/c1-17(2,3)16-15(19)9-13(11-21-16)10-18(4,5)14-7-6-8-20-12-14/h6-9,11-12H,10H2,1-5H3. The first kappa shape index (κ1) is 16.0. The molecule has 0 aliphatic carbocycles. The lowest BCUT2D eigenvalue weighted by Crippen LogP contribution is -2.21. The zero-order chi connectivity index (χ0) is 15.7. The quantitative estimate of drug-likeness (QED) is 0.802. The van der Waals surface area contributed by atoms with Crippen molar-refractivity contribution in [2.75, 3.05) is 0 Å². The van der Waals surface area contributed by atoms with Crippen LogP contribution in [0.3, 0.4) is 0 Å². The second kappa shape index (κ2) is 5.76. The van der Waals surface area contributed by atoms with Crippen molar-refractivity contribution in [3.05, 3.63) is 58.6 Å². The highest BCUT2D eigenvalue weighted by atomic mass is 35.5. The minimum absolute atomic E-state index is 0.00250. The molecule has 0 aromatic carbocycles. The first-order valence-corrected chi connectivity index (χ1v) is 7.63. The van der Waals surface area contributed by atoms with E-state index in [0.29, 0.717) is 0 Å². The molecule has 2 aromatic heterocycles. The van der Waals surface area contributed by atoms with Crippen LogP contribution in [0.5, 0.6) is 0 Å². The fourth-order valence-electron chi connectivity index (χ4n) is 2.50. The summed E-state index contributed by atoms with van der Waals surface area (Å²) in [6, 6.07) is 6.14. The van der Waals surface area contributed by atoms with E-state index in [4.69, 9.17) is 11.6 Å². The maximum Gasteiger partial charge on any atom is 0.0643 e. The lowest BCUT2D eigenvalue weighted by molar-refractivity contribution is 0.517. The van der Waals surface area contributed by atoms with Gasteiger partial charge in [0.2, 0.25) is 0 Å². The first-order valence-electron chi connectivity index (χ1n) is 7.25. The van der Waals surface area contributed by atoms with Crippen LogP contribution in [0.4, 0.5) is 0 Å². The second-order valence-corrected chi connectivity index (χ2v) is 7.63. The summed E-state index contributed by atoms with van der Waals surface area (Å²) in [7, 11) is 0. The number of aromatic nitrogens is 2. The molecule has 0 atom stereocenters. The molecule has 2 nitrogen and oxygen atoms in total. The Morgan fingerprint density at radius 3 is 2.33 bits per heavy atom. The molecule has 0 aliphatic heterocycles. The van der Waals surface area contributed by atoms with Gasteiger partial charge in [-0.1, -0.05) is 52.3 Å². The maximum atomic E-state index is 6.41. The topological polar surface area (TPSA) is 25.8 Å². The zero-order valence-corrected chi connectivity index (χ0v) is 14.2. The van der Waals surface area contributed by atoms with Crippen molar-refractivity contribution in [1.82, 2.24) is 9.97 Å². The molecular formula is C18H23ClN2. The Hall–Kier alpha value is -1.41. The van der Waals surface area contributed by atoms with Crippen molar-refractivity contribution in [3.8, 4) is 0 Å². The van der Waals surface area contributed by atoms with Crippen LogP contribution in [0, 0.1) is 0 Å². The van der Waals surface area contributed by atoms with Crippen LogP contribution in [0.15, 0.2) is 36.8 Å². The van der Waals surface area contributed by atoms with Crippen molar-refractivity contribution in [3.63, 3.8) is 0 Å². The number of hydrogen-bond donors (Lipinski definition) is 0. The zero-order valence-electron chi connectivity index (χ0n) is 13.4. The lowest BCUT2D eigenvalue weighted by atomic mass is 9.80. The molecule has 0 spiro atoms. The molecule has 2 heterocycles. The summed E-state index contributed by atoms with van der Waals surface area (Å²) >= 11 is 6.41. The number of nitrogens with zero attached hydrogens (tertiary/aromatic N) is 2. The minimum Gasteiger partial charge on any atom is -0.264 e. The molecule has 0 amide bonds. The van der Waals surface area contributed by atoms with Gasteiger partial charge in [-0.3, -0.25) is 9.97 Å². The highest BCUT2D eigenvalue weighted by Crippen LogP contribution is 2.31.